The van der Waals surface area contributed by atoms with Gasteiger partial charge in [-0.05, 0) is 0 Å². The quantitative estimate of drug-likeness (QED) is 0.495. The first-order chi connectivity index (χ1) is 8.06. The smallest absolute Gasteiger partial charge is 0.217 e. The van der Waals surface area contributed by atoms with E-state index >= 15 is 0 Å². The van der Waals surface area contributed by atoms with Crippen LogP contribution in [0.5, 0.6) is 0 Å². The summed E-state index contributed by atoms with van der Waals surface area (Å²) in [7, 11) is 0. The number of hydrogen-bond acceptors (Lipinski definition) is 5. The summed E-state index contributed by atoms with van der Waals surface area (Å²) in [6.45, 7) is 1.01. The number of rotatable bonds is 2. The Bertz CT molecular complexity index is 419. The number of aliphatic hydroxyl groups excluding tert-OH is 3. The predicted octanol–water partition coefficient (Wildman–Crippen LogP) is -1.67. The molecule has 1 amide bonds. The second kappa shape index (κ2) is 4.44. The molecule has 0 aromatic carbocycles. The average molecular weight is 241 g/mol. The molecule has 17 heavy (non-hydrogen) atoms. The van der Waals surface area contributed by atoms with E-state index in [-0.39, 0.29) is 12.5 Å². The minimum absolute atomic E-state index is 0.311. The summed E-state index contributed by atoms with van der Waals surface area (Å²) >= 11 is 0. The van der Waals surface area contributed by atoms with Crippen LogP contribution in [0.2, 0.25) is 0 Å². The fourth-order valence-corrected chi connectivity index (χ4v) is 2.15. The van der Waals surface area contributed by atoms with E-state index in [4.69, 9.17) is 0 Å². The van der Waals surface area contributed by atoms with Crippen molar-refractivity contribution in [2.45, 2.75) is 31.2 Å². The van der Waals surface area contributed by atoms with Crippen molar-refractivity contribution < 1.29 is 20.1 Å². The summed E-state index contributed by atoms with van der Waals surface area (Å²) in [5.74, 6) is 0.107. The standard InChI is InChI=1S/C10H15N3O4/c1-5(15)12-7-9(17)8(16)6(4-14)13-3-2-11-10(7)13/h2-3,6-9,14,16-17H,4H2,1H3,(H,12,15)/t6-,7-,8+,9-/m0/s1. The van der Waals surface area contributed by atoms with Crippen molar-refractivity contribution in [1.29, 1.82) is 0 Å². The Hall–Kier alpha value is -1.44. The summed E-state index contributed by atoms with van der Waals surface area (Å²) in [4.78, 5) is 15.1. The van der Waals surface area contributed by atoms with Crippen molar-refractivity contribution in [1.82, 2.24) is 14.9 Å². The Balaban J connectivity index is 2.39. The van der Waals surface area contributed by atoms with Crippen molar-refractivity contribution in [3.63, 3.8) is 0 Å². The molecule has 94 valence electrons. The zero-order chi connectivity index (χ0) is 12.6. The molecule has 0 aliphatic carbocycles. The van der Waals surface area contributed by atoms with Crippen LogP contribution in [0.4, 0.5) is 0 Å². The Labute approximate surface area is 97.7 Å². The van der Waals surface area contributed by atoms with E-state index in [1.165, 1.54) is 13.1 Å². The Morgan fingerprint density at radius 2 is 2.24 bits per heavy atom. The first-order valence-electron chi connectivity index (χ1n) is 5.33. The molecule has 1 aliphatic heterocycles. The van der Waals surface area contributed by atoms with Crippen molar-refractivity contribution in [3.8, 4) is 0 Å². The fourth-order valence-electron chi connectivity index (χ4n) is 2.15. The van der Waals surface area contributed by atoms with Gasteiger partial charge in [-0.25, -0.2) is 4.98 Å². The minimum Gasteiger partial charge on any atom is -0.394 e. The van der Waals surface area contributed by atoms with Crippen LogP contribution in [-0.2, 0) is 4.79 Å². The van der Waals surface area contributed by atoms with Crippen LogP contribution in [0.15, 0.2) is 12.4 Å². The Morgan fingerprint density at radius 1 is 1.53 bits per heavy atom. The molecule has 0 unspecified atom stereocenters. The van der Waals surface area contributed by atoms with E-state index in [1.54, 1.807) is 10.8 Å². The number of aromatic nitrogens is 2. The molecule has 1 aromatic heterocycles. The van der Waals surface area contributed by atoms with Gasteiger partial charge < -0.3 is 25.2 Å². The van der Waals surface area contributed by atoms with Crippen molar-refractivity contribution in [3.05, 3.63) is 18.2 Å². The number of carbonyl (C=O) groups is 1. The summed E-state index contributed by atoms with van der Waals surface area (Å²) in [5, 5.41) is 31.5. The molecular formula is C10H15N3O4. The number of nitrogens with one attached hydrogen (secondary N) is 1. The maximum Gasteiger partial charge on any atom is 0.217 e. The van der Waals surface area contributed by atoms with Crippen LogP contribution in [0.3, 0.4) is 0 Å². The van der Waals surface area contributed by atoms with Crippen LogP contribution in [0.25, 0.3) is 0 Å². The van der Waals surface area contributed by atoms with Gasteiger partial charge in [-0.3, -0.25) is 4.79 Å². The predicted molar refractivity (Wildman–Crippen MR) is 56.9 cm³/mol. The second-order valence-corrected chi connectivity index (χ2v) is 4.10. The monoisotopic (exact) mass is 241 g/mol. The third kappa shape index (κ3) is 1.92. The van der Waals surface area contributed by atoms with Gasteiger partial charge in [0.1, 0.15) is 24.1 Å². The van der Waals surface area contributed by atoms with E-state index < -0.39 is 24.3 Å². The number of aliphatic hydroxyl groups is 3. The lowest BCUT2D eigenvalue weighted by Crippen LogP contribution is -2.51. The fraction of sp³-hybridized carbons (Fsp3) is 0.600. The van der Waals surface area contributed by atoms with E-state index in [1.807, 2.05) is 0 Å². The Morgan fingerprint density at radius 3 is 2.82 bits per heavy atom. The molecular weight excluding hydrogens is 226 g/mol. The van der Waals surface area contributed by atoms with Gasteiger partial charge in [0, 0.05) is 19.3 Å². The summed E-state index contributed by atoms with van der Waals surface area (Å²) < 4.78 is 1.57. The molecule has 7 nitrogen and oxygen atoms in total. The maximum absolute atomic E-state index is 11.1. The first-order valence-corrected chi connectivity index (χ1v) is 5.33. The molecule has 0 spiro atoms. The first kappa shape index (κ1) is 12.0. The summed E-state index contributed by atoms with van der Waals surface area (Å²) in [6.07, 6.45) is 0.752. The second-order valence-electron chi connectivity index (χ2n) is 4.10. The minimum atomic E-state index is -1.19. The molecule has 2 rings (SSSR count). The van der Waals surface area contributed by atoms with E-state index in [0.717, 1.165) is 0 Å². The molecule has 0 saturated carbocycles. The molecule has 7 heteroatoms. The van der Waals surface area contributed by atoms with Crippen LogP contribution >= 0.6 is 0 Å². The molecule has 4 N–H and O–H groups in total. The molecule has 0 fully saturated rings. The number of fused-ring (bicyclic) bond motifs is 1. The number of carbonyl (C=O) groups excluding carboxylic acids is 1. The normalized spacial score (nSPS) is 32.0. The zero-order valence-corrected chi connectivity index (χ0v) is 9.32. The lowest BCUT2D eigenvalue weighted by atomic mass is 9.94. The third-order valence-electron chi connectivity index (χ3n) is 2.97. The number of nitrogens with zero attached hydrogens (tertiary/aromatic N) is 2. The van der Waals surface area contributed by atoms with Crippen LogP contribution in [0.1, 0.15) is 24.8 Å². The highest BCUT2D eigenvalue weighted by Gasteiger charge is 2.42. The topological polar surface area (TPSA) is 108 Å². The highest BCUT2D eigenvalue weighted by atomic mass is 16.3. The zero-order valence-electron chi connectivity index (χ0n) is 9.32. The van der Waals surface area contributed by atoms with Crippen LogP contribution in [-0.4, -0.2) is 49.6 Å². The molecule has 4 atom stereocenters. The van der Waals surface area contributed by atoms with Gasteiger partial charge in [0.15, 0.2) is 0 Å². The number of hydrogen-bond donors (Lipinski definition) is 4. The van der Waals surface area contributed by atoms with Gasteiger partial charge >= 0.3 is 0 Å². The van der Waals surface area contributed by atoms with Gasteiger partial charge in [0.05, 0.1) is 12.6 Å². The van der Waals surface area contributed by atoms with Gasteiger partial charge in [-0.15, -0.1) is 0 Å². The van der Waals surface area contributed by atoms with E-state index in [0.29, 0.717) is 5.82 Å². The number of amides is 1. The van der Waals surface area contributed by atoms with Gasteiger partial charge in [-0.1, -0.05) is 0 Å². The van der Waals surface area contributed by atoms with Crippen LogP contribution < -0.4 is 5.32 Å². The lowest BCUT2D eigenvalue weighted by molar-refractivity contribution is -0.123. The average Bonchev–Trinajstić information content (AvgIpc) is 2.73. The van der Waals surface area contributed by atoms with E-state index in [9.17, 15) is 20.1 Å². The lowest BCUT2D eigenvalue weighted by Gasteiger charge is -2.37. The van der Waals surface area contributed by atoms with E-state index in [2.05, 4.69) is 10.3 Å². The van der Waals surface area contributed by atoms with Crippen molar-refractivity contribution in [2.24, 2.45) is 0 Å². The molecule has 1 aliphatic rings. The van der Waals surface area contributed by atoms with Crippen molar-refractivity contribution >= 4 is 5.91 Å². The summed E-state index contributed by atoms with van der Waals surface area (Å²) in [5.41, 5.74) is 0. The highest BCUT2D eigenvalue weighted by Crippen LogP contribution is 2.31. The molecule has 1 aromatic rings. The molecule has 0 bridgehead atoms. The third-order valence-corrected chi connectivity index (χ3v) is 2.97. The van der Waals surface area contributed by atoms with Crippen molar-refractivity contribution in [2.75, 3.05) is 6.61 Å². The van der Waals surface area contributed by atoms with Crippen LogP contribution in [0, 0.1) is 0 Å². The molecule has 2 heterocycles. The van der Waals surface area contributed by atoms with Gasteiger partial charge in [0.25, 0.3) is 0 Å². The number of imidazole rings is 1. The van der Waals surface area contributed by atoms with Gasteiger partial charge in [-0.2, -0.15) is 0 Å². The highest BCUT2D eigenvalue weighted by molar-refractivity contribution is 5.73. The maximum atomic E-state index is 11.1. The largest absolute Gasteiger partial charge is 0.394 e. The Kier molecular flexibility index (Phi) is 3.14. The SMILES string of the molecule is CC(=O)N[C@@H]1c2nccn2[C@@H](CO)[C@@H](O)[C@H]1O. The molecule has 0 saturated heterocycles. The van der Waals surface area contributed by atoms with Gasteiger partial charge in [0.2, 0.25) is 5.91 Å². The molecule has 0 radical (unpaired) electrons. The summed E-state index contributed by atoms with van der Waals surface area (Å²) in [6, 6.07) is -1.41.